The zero-order chi connectivity index (χ0) is 9.90. The van der Waals surface area contributed by atoms with Crippen LogP contribution in [0.15, 0.2) is 12.2 Å². The molecule has 1 fully saturated rings. The van der Waals surface area contributed by atoms with Gasteiger partial charge in [0.25, 0.3) is 0 Å². The van der Waals surface area contributed by atoms with Crippen molar-refractivity contribution in [3.63, 3.8) is 0 Å². The topological polar surface area (TPSA) is 40.5 Å². The Morgan fingerprint density at radius 3 is 2.69 bits per heavy atom. The van der Waals surface area contributed by atoms with Crippen LogP contribution in [-0.4, -0.2) is 22.9 Å². The lowest BCUT2D eigenvalue weighted by Gasteiger charge is -2.30. The molecule has 2 heteroatoms. The first-order valence-corrected chi connectivity index (χ1v) is 5.04. The van der Waals surface area contributed by atoms with Crippen LogP contribution in [0.3, 0.4) is 0 Å². The predicted molar refractivity (Wildman–Crippen MR) is 53.4 cm³/mol. The van der Waals surface area contributed by atoms with Crippen LogP contribution in [0.1, 0.15) is 39.0 Å². The molecule has 2 N–H and O–H groups in total. The second-order valence-electron chi connectivity index (χ2n) is 4.39. The van der Waals surface area contributed by atoms with Gasteiger partial charge in [-0.3, -0.25) is 0 Å². The second kappa shape index (κ2) is 4.25. The lowest BCUT2D eigenvalue weighted by molar-refractivity contribution is 0.000673. The van der Waals surface area contributed by atoms with Crippen molar-refractivity contribution in [2.24, 2.45) is 5.41 Å². The van der Waals surface area contributed by atoms with Gasteiger partial charge in [0.15, 0.2) is 0 Å². The smallest absolute Gasteiger partial charge is 0.0618 e. The highest BCUT2D eigenvalue weighted by atomic mass is 16.3. The summed E-state index contributed by atoms with van der Waals surface area (Å²) in [5.41, 5.74) is 0.908. The summed E-state index contributed by atoms with van der Waals surface area (Å²) in [6.45, 7) is 5.95. The highest BCUT2D eigenvalue weighted by molar-refractivity contribution is 4.96. The molecule has 13 heavy (non-hydrogen) atoms. The zero-order valence-electron chi connectivity index (χ0n) is 8.42. The largest absolute Gasteiger partial charge is 0.396 e. The molecule has 1 aliphatic rings. The monoisotopic (exact) mass is 184 g/mol. The highest BCUT2D eigenvalue weighted by Gasteiger charge is 2.40. The summed E-state index contributed by atoms with van der Waals surface area (Å²) in [5.74, 6) is 0. The molecule has 0 aliphatic heterocycles. The van der Waals surface area contributed by atoms with Gasteiger partial charge < -0.3 is 10.2 Å². The van der Waals surface area contributed by atoms with E-state index in [1.54, 1.807) is 0 Å². The fourth-order valence-corrected chi connectivity index (χ4v) is 2.14. The number of aliphatic hydroxyl groups is 2. The second-order valence-corrected chi connectivity index (χ2v) is 4.39. The van der Waals surface area contributed by atoms with Crippen LogP contribution >= 0.6 is 0 Å². The van der Waals surface area contributed by atoms with E-state index in [4.69, 9.17) is 0 Å². The quantitative estimate of drug-likeness (QED) is 0.655. The average Bonchev–Trinajstić information content (AvgIpc) is 2.45. The van der Waals surface area contributed by atoms with Gasteiger partial charge in [0, 0.05) is 5.41 Å². The fourth-order valence-electron chi connectivity index (χ4n) is 2.14. The molecule has 0 bridgehead atoms. The highest BCUT2D eigenvalue weighted by Crippen LogP contribution is 2.42. The van der Waals surface area contributed by atoms with Gasteiger partial charge in [0.1, 0.15) is 0 Å². The molecule has 1 saturated carbocycles. The summed E-state index contributed by atoms with van der Waals surface area (Å²) in [7, 11) is 0. The summed E-state index contributed by atoms with van der Waals surface area (Å²) in [5, 5.41) is 19.1. The van der Waals surface area contributed by atoms with E-state index in [1.165, 1.54) is 0 Å². The summed E-state index contributed by atoms with van der Waals surface area (Å²) in [6, 6.07) is 0. The third kappa shape index (κ3) is 2.32. The van der Waals surface area contributed by atoms with Crippen LogP contribution in [0.2, 0.25) is 0 Å². The Hall–Kier alpha value is -0.340. The van der Waals surface area contributed by atoms with Gasteiger partial charge in [-0.2, -0.15) is 0 Å². The van der Waals surface area contributed by atoms with E-state index in [-0.39, 0.29) is 18.1 Å². The molecule has 2 nitrogen and oxygen atoms in total. The Kier molecular flexibility index (Phi) is 3.51. The first-order valence-electron chi connectivity index (χ1n) is 5.04. The number of rotatable bonds is 4. The first-order chi connectivity index (χ1) is 6.10. The van der Waals surface area contributed by atoms with Gasteiger partial charge in [-0.15, -0.1) is 6.58 Å². The molecule has 2 atom stereocenters. The third-order valence-corrected chi connectivity index (χ3v) is 3.22. The molecular formula is C11H20O2. The molecule has 1 aliphatic carbocycles. The zero-order valence-corrected chi connectivity index (χ0v) is 8.42. The Labute approximate surface area is 80.3 Å². The molecule has 0 aromatic heterocycles. The molecule has 0 unspecified atom stereocenters. The fraction of sp³-hybridized carbons (Fsp3) is 0.818. The number of hydrogen-bond donors (Lipinski definition) is 2. The van der Waals surface area contributed by atoms with Crippen molar-refractivity contribution >= 4 is 0 Å². The van der Waals surface area contributed by atoms with E-state index >= 15 is 0 Å². The summed E-state index contributed by atoms with van der Waals surface area (Å²) in [4.78, 5) is 0. The van der Waals surface area contributed by atoms with Gasteiger partial charge in [0.2, 0.25) is 0 Å². The SMILES string of the molecule is C=C(C)CC[C@@]1(CO)CCC[C@H]1O. The van der Waals surface area contributed by atoms with Gasteiger partial charge in [-0.25, -0.2) is 0 Å². The maximum absolute atomic E-state index is 9.76. The van der Waals surface area contributed by atoms with Crippen LogP contribution in [0.4, 0.5) is 0 Å². The van der Waals surface area contributed by atoms with Crippen molar-refractivity contribution in [2.45, 2.75) is 45.1 Å². The van der Waals surface area contributed by atoms with E-state index in [0.717, 1.165) is 37.7 Å². The lowest BCUT2D eigenvalue weighted by Crippen LogP contribution is -2.33. The van der Waals surface area contributed by atoms with E-state index in [9.17, 15) is 10.2 Å². The molecule has 0 amide bonds. The maximum Gasteiger partial charge on any atom is 0.0618 e. The molecule has 0 saturated heterocycles. The van der Waals surface area contributed by atoms with Gasteiger partial charge >= 0.3 is 0 Å². The summed E-state index contributed by atoms with van der Waals surface area (Å²) < 4.78 is 0. The van der Waals surface area contributed by atoms with Crippen LogP contribution < -0.4 is 0 Å². The standard InChI is InChI=1S/C11H20O2/c1-9(2)5-7-11(8-12)6-3-4-10(11)13/h10,12-13H,1,3-8H2,2H3/t10-,11-/m1/s1. The van der Waals surface area contributed by atoms with Crippen molar-refractivity contribution in [1.82, 2.24) is 0 Å². The normalized spacial score (nSPS) is 33.6. The number of allylic oxidation sites excluding steroid dienone is 1. The first kappa shape index (κ1) is 10.7. The number of aliphatic hydroxyl groups excluding tert-OH is 2. The Bertz CT molecular complexity index is 189. The van der Waals surface area contributed by atoms with Crippen LogP contribution in [-0.2, 0) is 0 Å². The van der Waals surface area contributed by atoms with Crippen molar-refractivity contribution in [2.75, 3.05) is 6.61 Å². The van der Waals surface area contributed by atoms with Gasteiger partial charge in [-0.05, 0) is 32.6 Å². The van der Waals surface area contributed by atoms with Crippen LogP contribution in [0.5, 0.6) is 0 Å². The Morgan fingerprint density at radius 1 is 1.62 bits per heavy atom. The minimum Gasteiger partial charge on any atom is -0.396 e. The molecule has 0 radical (unpaired) electrons. The molecule has 0 heterocycles. The van der Waals surface area contributed by atoms with Gasteiger partial charge in [0.05, 0.1) is 12.7 Å². The van der Waals surface area contributed by atoms with E-state index < -0.39 is 0 Å². The van der Waals surface area contributed by atoms with E-state index in [1.807, 2.05) is 6.92 Å². The van der Waals surface area contributed by atoms with Crippen LogP contribution in [0.25, 0.3) is 0 Å². The Balaban J connectivity index is 2.53. The maximum atomic E-state index is 9.76. The van der Waals surface area contributed by atoms with E-state index in [2.05, 4.69) is 6.58 Å². The van der Waals surface area contributed by atoms with Gasteiger partial charge in [-0.1, -0.05) is 12.0 Å². The predicted octanol–water partition coefficient (Wildman–Crippen LogP) is 1.87. The summed E-state index contributed by atoms with van der Waals surface area (Å²) in [6.07, 6.45) is 4.32. The summed E-state index contributed by atoms with van der Waals surface area (Å²) >= 11 is 0. The van der Waals surface area contributed by atoms with Crippen molar-refractivity contribution in [1.29, 1.82) is 0 Å². The van der Waals surface area contributed by atoms with E-state index in [0.29, 0.717) is 0 Å². The Morgan fingerprint density at radius 2 is 2.31 bits per heavy atom. The van der Waals surface area contributed by atoms with Crippen molar-refractivity contribution < 1.29 is 10.2 Å². The molecule has 0 aromatic rings. The number of hydrogen-bond acceptors (Lipinski definition) is 2. The lowest BCUT2D eigenvalue weighted by atomic mass is 9.79. The van der Waals surface area contributed by atoms with Crippen molar-refractivity contribution in [3.8, 4) is 0 Å². The minimum absolute atomic E-state index is 0.113. The molecule has 0 spiro atoms. The minimum atomic E-state index is -0.308. The molecular weight excluding hydrogens is 164 g/mol. The third-order valence-electron chi connectivity index (χ3n) is 3.22. The van der Waals surface area contributed by atoms with Crippen molar-refractivity contribution in [3.05, 3.63) is 12.2 Å². The molecule has 76 valence electrons. The van der Waals surface area contributed by atoms with Crippen LogP contribution in [0, 0.1) is 5.41 Å². The molecule has 1 rings (SSSR count). The average molecular weight is 184 g/mol. The molecule has 0 aromatic carbocycles.